The highest BCUT2D eigenvalue weighted by Crippen LogP contribution is 2.32. The van der Waals surface area contributed by atoms with Crippen molar-refractivity contribution in [2.45, 2.75) is 19.9 Å². The first kappa shape index (κ1) is 28.4. The Balaban J connectivity index is 1.55. The van der Waals surface area contributed by atoms with Crippen molar-refractivity contribution in [2.75, 3.05) is 13.7 Å². The Morgan fingerprint density at radius 3 is 2.44 bits per heavy atom. The predicted octanol–water partition coefficient (Wildman–Crippen LogP) is 5.31. The number of methoxy groups -OCH3 is 1. The molecule has 43 heavy (non-hydrogen) atoms. The number of carbonyl (C=O) groups excluding carboxylic acids is 1. The van der Waals surface area contributed by atoms with Gasteiger partial charge in [-0.1, -0.05) is 65.4 Å². The molecule has 10 heteroatoms. The number of halogens is 1. The molecule has 0 amide bonds. The van der Waals surface area contributed by atoms with Gasteiger partial charge in [0.05, 0.1) is 41.2 Å². The van der Waals surface area contributed by atoms with Gasteiger partial charge in [0.1, 0.15) is 11.4 Å². The quantitative estimate of drug-likeness (QED) is 0.233. The van der Waals surface area contributed by atoms with E-state index in [9.17, 15) is 9.59 Å². The van der Waals surface area contributed by atoms with Crippen LogP contribution in [0.15, 0.2) is 106 Å². The highest BCUT2D eigenvalue weighted by Gasteiger charge is 2.33. The number of fused-ring (bicyclic) bond motifs is 1. The Morgan fingerprint density at radius 2 is 1.77 bits per heavy atom. The van der Waals surface area contributed by atoms with Crippen LogP contribution in [0.25, 0.3) is 23.0 Å². The van der Waals surface area contributed by atoms with E-state index in [1.54, 1.807) is 42.3 Å². The summed E-state index contributed by atoms with van der Waals surface area (Å²) in [6.45, 7) is 3.72. The molecule has 0 saturated heterocycles. The number of aromatic nitrogens is 3. The third-order valence-electron chi connectivity index (χ3n) is 7.12. The molecule has 0 fully saturated rings. The summed E-state index contributed by atoms with van der Waals surface area (Å²) in [7, 11) is 1.59. The van der Waals surface area contributed by atoms with Gasteiger partial charge < -0.3 is 9.47 Å². The lowest BCUT2D eigenvalue weighted by atomic mass is 9.96. The molecule has 1 atom stereocenters. The lowest BCUT2D eigenvalue weighted by molar-refractivity contribution is -0.139. The summed E-state index contributed by atoms with van der Waals surface area (Å²) in [6.07, 6.45) is 3.72. The molecule has 0 radical (unpaired) electrons. The molecule has 0 saturated carbocycles. The van der Waals surface area contributed by atoms with Crippen LogP contribution in [0.4, 0.5) is 0 Å². The van der Waals surface area contributed by atoms with E-state index in [2.05, 4.69) is 4.99 Å². The molecule has 1 aliphatic heterocycles. The van der Waals surface area contributed by atoms with E-state index in [0.29, 0.717) is 37.1 Å². The molecule has 216 valence electrons. The lowest BCUT2D eigenvalue weighted by Crippen LogP contribution is -2.39. The summed E-state index contributed by atoms with van der Waals surface area (Å²) in [6, 6.07) is 23.8. The maximum Gasteiger partial charge on any atom is 0.338 e. The molecule has 3 aromatic carbocycles. The third kappa shape index (κ3) is 5.45. The van der Waals surface area contributed by atoms with Gasteiger partial charge >= 0.3 is 5.97 Å². The average Bonchev–Trinajstić information content (AvgIpc) is 3.58. The Labute approximate surface area is 256 Å². The Bertz CT molecular complexity index is 2030. The highest BCUT2D eigenvalue weighted by molar-refractivity contribution is 7.07. The zero-order valence-corrected chi connectivity index (χ0v) is 25.2. The standard InChI is InChI=1S/C33H27ClN4O4S/c1-4-42-32(40)28-20(2)35-33-38(30(28)22-12-16-26(41-3)17-13-22)31(39)27(43-33)18-23-19-37(25-8-6-5-7-9-25)36-29(23)21-10-14-24(34)15-11-21/h5-19,30H,4H2,1-3H3/b27-18+/t30-/m0/s1. The fraction of sp³-hybridized carbons (Fsp3) is 0.152. The maximum atomic E-state index is 14.2. The lowest BCUT2D eigenvalue weighted by Gasteiger charge is -2.24. The molecule has 2 aromatic heterocycles. The van der Waals surface area contributed by atoms with E-state index in [1.165, 1.54) is 11.3 Å². The van der Waals surface area contributed by atoms with Gasteiger partial charge in [0.2, 0.25) is 0 Å². The van der Waals surface area contributed by atoms with Crippen LogP contribution >= 0.6 is 22.9 Å². The summed E-state index contributed by atoms with van der Waals surface area (Å²) in [5, 5.41) is 5.49. The van der Waals surface area contributed by atoms with E-state index in [0.717, 1.165) is 22.4 Å². The second kappa shape index (κ2) is 11.9. The van der Waals surface area contributed by atoms with Crippen molar-refractivity contribution in [1.29, 1.82) is 0 Å². The Hall–Kier alpha value is -4.73. The van der Waals surface area contributed by atoms with Gasteiger partial charge in [0, 0.05) is 22.3 Å². The number of thiazole rings is 1. The number of allylic oxidation sites excluding steroid dienone is 1. The van der Waals surface area contributed by atoms with Crippen LogP contribution in [0.3, 0.4) is 0 Å². The molecular formula is C33H27ClN4O4S. The molecule has 0 bridgehead atoms. The maximum absolute atomic E-state index is 14.2. The van der Waals surface area contributed by atoms with Crippen molar-refractivity contribution in [3.63, 3.8) is 0 Å². The summed E-state index contributed by atoms with van der Waals surface area (Å²) in [4.78, 5) is 32.5. The first-order valence-electron chi connectivity index (χ1n) is 13.6. The Morgan fingerprint density at radius 1 is 1.05 bits per heavy atom. The first-order valence-corrected chi connectivity index (χ1v) is 14.8. The smallest absolute Gasteiger partial charge is 0.338 e. The summed E-state index contributed by atoms with van der Waals surface area (Å²) >= 11 is 7.43. The van der Waals surface area contributed by atoms with Crippen LogP contribution in [-0.4, -0.2) is 34.0 Å². The molecule has 0 N–H and O–H groups in total. The fourth-order valence-electron chi connectivity index (χ4n) is 5.07. The minimum atomic E-state index is -0.717. The van der Waals surface area contributed by atoms with Crippen LogP contribution in [0.2, 0.25) is 5.02 Å². The van der Waals surface area contributed by atoms with Gasteiger partial charge in [0.15, 0.2) is 4.80 Å². The minimum absolute atomic E-state index is 0.203. The largest absolute Gasteiger partial charge is 0.497 e. The van der Waals surface area contributed by atoms with Crippen molar-refractivity contribution < 1.29 is 14.3 Å². The van der Waals surface area contributed by atoms with E-state index < -0.39 is 12.0 Å². The molecular weight excluding hydrogens is 584 g/mol. The van der Waals surface area contributed by atoms with Crippen molar-refractivity contribution in [3.8, 4) is 22.7 Å². The van der Waals surface area contributed by atoms with Crippen LogP contribution in [0.5, 0.6) is 5.75 Å². The second-order valence-electron chi connectivity index (χ2n) is 9.80. The van der Waals surface area contributed by atoms with Crippen molar-refractivity contribution in [2.24, 2.45) is 4.99 Å². The van der Waals surface area contributed by atoms with Gasteiger partial charge in [-0.05, 0) is 61.9 Å². The zero-order valence-electron chi connectivity index (χ0n) is 23.7. The number of nitrogens with zero attached hydrogens (tertiary/aromatic N) is 4. The number of para-hydroxylation sites is 1. The van der Waals surface area contributed by atoms with Crippen LogP contribution in [-0.2, 0) is 9.53 Å². The molecule has 0 unspecified atom stereocenters. The van der Waals surface area contributed by atoms with Crippen LogP contribution in [0, 0.1) is 0 Å². The monoisotopic (exact) mass is 610 g/mol. The summed E-state index contributed by atoms with van der Waals surface area (Å²) < 4.78 is 14.6. The van der Waals surface area contributed by atoms with Crippen molar-refractivity contribution in [1.82, 2.24) is 14.3 Å². The molecule has 3 heterocycles. The van der Waals surface area contributed by atoms with Gasteiger partial charge in [-0.2, -0.15) is 5.10 Å². The van der Waals surface area contributed by atoms with E-state index in [4.69, 9.17) is 26.2 Å². The Kier molecular flexibility index (Phi) is 7.84. The van der Waals surface area contributed by atoms with Gasteiger partial charge in [-0.3, -0.25) is 9.36 Å². The summed E-state index contributed by atoms with van der Waals surface area (Å²) in [5.74, 6) is 0.160. The molecule has 6 rings (SSSR count). The highest BCUT2D eigenvalue weighted by atomic mass is 35.5. The topological polar surface area (TPSA) is 87.7 Å². The van der Waals surface area contributed by atoms with Gasteiger partial charge in [-0.15, -0.1) is 0 Å². The van der Waals surface area contributed by atoms with Crippen molar-refractivity contribution in [3.05, 3.63) is 132 Å². The van der Waals surface area contributed by atoms with E-state index in [1.807, 2.05) is 79.0 Å². The van der Waals surface area contributed by atoms with Gasteiger partial charge in [-0.25, -0.2) is 14.5 Å². The second-order valence-corrected chi connectivity index (χ2v) is 11.2. The molecule has 0 spiro atoms. The number of hydrogen-bond donors (Lipinski definition) is 0. The van der Waals surface area contributed by atoms with E-state index >= 15 is 0 Å². The molecule has 1 aliphatic rings. The third-order valence-corrected chi connectivity index (χ3v) is 8.35. The number of benzene rings is 3. The number of ether oxygens (including phenoxy) is 2. The van der Waals surface area contributed by atoms with Gasteiger partial charge in [0.25, 0.3) is 5.56 Å². The average molecular weight is 611 g/mol. The minimum Gasteiger partial charge on any atom is -0.497 e. The molecule has 0 aliphatic carbocycles. The van der Waals surface area contributed by atoms with E-state index in [-0.39, 0.29) is 12.2 Å². The van der Waals surface area contributed by atoms with Crippen LogP contribution < -0.4 is 19.6 Å². The number of carbonyl (C=O) groups is 1. The number of rotatable bonds is 7. The normalized spacial score (nSPS) is 14.8. The number of hydrogen-bond acceptors (Lipinski definition) is 7. The fourth-order valence-corrected chi connectivity index (χ4v) is 6.24. The van der Waals surface area contributed by atoms with Crippen LogP contribution in [0.1, 0.15) is 31.0 Å². The molecule has 5 aromatic rings. The molecule has 8 nitrogen and oxygen atoms in total. The SMILES string of the molecule is CCOC(=O)C1=C(C)N=c2s/c(=C/c3cn(-c4ccccc4)nc3-c3ccc(Cl)cc3)c(=O)n2[C@H]1c1ccc(OC)cc1. The first-order chi connectivity index (χ1) is 20.9. The number of esters is 1. The predicted molar refractivity (Wildman–Crippen MR) is 167 cm³/mol. The zero-order chi connectivity index (χ0) is 30.1. The van der Waals surface area contributed by atoms with Crippen molar-refractivity contribution >= 4 is 35.0 Å². The summed E-state index contributed by atoms with van der Waals surface area (Å²) in [5.41, 5.74) is 4.48.